The number of amides is 2. The van der Waals surface area contributed by atoms with Crippen molar-refractivity contribution in [3.05, 3.63) is 48.0 Å². The number of carbonyl (C=O) groups is 3. The first-order chi connectivity index (χ1) is 11.8. The zero-order chi connectivity index (χ0) is 18.4. The van der Waals surface area contributed by atoms with E-state index in [4.69, 9.17) is 9.47 Å². The van der Waals surface area contributed by atoms with E-state index in [0.29, 0.717) is 6.42 Å². The van der Waals surface area contributed by atoms with E-state index in [0.717, 1.165) is 10.5 Å². The van der Waals surface area contributed by atoms with Gasteiger partial charge in [0, 0.05) is 6.42 Å². The Balaban J connectivity index is 1.92. The van der Waals surface area contributed by atoms with Crippen molar-refractivity contribution in [3.8, 4) is 0 Å². The SMILES string of the molecule is CC(C)(C)OC(=O)CC/C=C/C(=O)N1C(=O)OC[C@H]1c1ccccc1. The van der Waals surface area contributed by atoms with Gasteiger partial charge in [0.2, 0.25) is 0 Å². The van der Waals surface area contributed by atoms with Crippen LogP contribution in [0.1, 0.15) is 45.2 Å². The van der Waals surface area contributed by atoms with Gasteiger partial charge in [-0.15, -0.1) is 0 Å². The summed E-state index contributed by atoms with van der Waals surface area (Å²) < 4.78 is 10.2. The maximum Gasteiger partial charge on any atom is 0.417 e. The molecular formula is C19H23NO5. The number of allylic oxidation sites excluding steroid dienone is 1. The van der Waals surface area contributed by atoms with Crippen molar-refractivity contribution < 1.29 is 23.9 Å². The van der Waals surface area contributed by atoms with Gasteiger partial charge in [-0.3, -0.25) is 9.59 Å². The highest BCUT2D eigenvalue weighted by Crippen LogP contribution is 2.27. The van der Waals surface area contributed by atoms with Crippen molar-refractivity contribution in [1.82, 2.24) is 4.90 Å². The van der Waals surface area contributed by atoms with Crippen molar-refractivity contribution >= 4 is 18.0 Å². The number of cyclic esters (lactones) is 1. The molecule has 1 aromatic carbocycles. The zero-order valence-corrected chi connectivity index (χ0v) is 14.7. The second-order valence-electron chi connectivity index (χ2n) is 6.74. The molecule has 1 fully saturated rings. The second kappa shape index (κ2) is 7.96. The Kier molecular flexibility index (Phi) is 5.96. The van der Waals surface area contributed by atoms with Gasteiger partial charge in [0.15, 0.2) is 0 Å². The third-order valence-corrected chi connectivity index (χ3v) is 3.49. The minimum atomic E-state index is -0.657. The minimum absolute atomic E-state index is 0.139. The highest BCUT2D eigenvalue weighted by Gasteiger charge is 2.37. The molecular weight excluding hydrogens is 322 g/mol. The molecule has 0 spiro atoms. The van der Waals surface area contributed by atoms with Gasteiger partial charge >= 0.3 is 12.1 Å². The highest BCUT2D eigenvalue weighted by molar-refractivity contribution is 6.00. The Labute approximate surface area is 147 Å². The van der Waals surface area contributed by atoms with Crippen LogP contribution in [0.5, 0.6) is 0 Å². The molecule has 2 amide bonds. The van der Waals surface area contributed by atoms with Crippen LogP contribution >= 0.6 is 0 Å². The molecule has 0 aliphatic carbocycles. The smallest absolute Gasteiger partial charge is 0.417 e. The molecule has 1 saturated heterocycles. The van der Waals surface area contributed by atoms with Crippen LogP contribution in [-0.2, 0) is 19.1 Å². The van der Waals surface area contributed by atoms with Gasteiger partial charge in [-0.2, -0.15) is 0 Å². The topological polar surface area (TPSA) is 72.9 Å². The van der Waals surface area contributed by atoms with Crippen LogP contribution < -0.4 is 0 Å². The van der Waals surface area contributed by atoms with Gasteiger partial charge in [0.05, 0.1) is 0 Å². The highest BCUT2D eigenvalue weighted by atomic mass is 16.6. The Bertz CT molecular complexity index is 660. The lowest BCUT2D eigenvalue weighted by Gasteiger charge is -2.19. The average molecular weight is 345 g/mol. The Morgan fingerprint density at radius 2 is 1.96 bits per heavy atom. The van der Waals surface area contributed by atoms with E-state index in [-0.39, 0.29) is 19.0 Å². The first kappa shape index (κ1) is 18.7. The fourth-order valence-electron chi connectivity index (χ4n) is 2.44. The van der Waals surface area contributed by atoms with E-state index < -0.39 is 23.6 Å². The number of nitrogens with zero attached hydrogens (tertiary/aromatic N) is 1. The molecule has 0 radical (unpaired) electrons. The van der Waals surface area contributed by atoms with Crippen LogP contribution in [0.4, 0.5) is 4.79 Å². The van der Waals surface area contributed by atoms with Crippen LogP contribution in [0.15, 0.2) is 42.5 Å². The predicted molar refractivity (Wildman–Crippen MR) is 91.6 cm³/mol. The van der Waals surface area contributed by atoms with Gasteiger partial charge in [-0.1, -0.05) is 36.4 Å². The lowest BCUT2D eigenvalue weighted by molar-refractivity contribution is -0.154. The van der Waals surface area contributed by atoms with E-state index in [1.54, 1.807) is 26.8 Å². The van der Waals surface area contributed by atoms with E-state index in [2.05, 4.69) is 0 Å². The number of carbonyl (C=O) groups excluding carboxylic acids is 3. The normalized spacial score (nSPS) is 17.6. The molecule has 134 valence electrons. The molecule has 0 N–H and O–H groups in total. The summed E-state index contributed by atoms with van der Waals surface area (Å²) in [6, 6.07) is 8.81. The van der Waals surface area contributed by atoms with Gasteiger partial charge < -0.3 is 9.47 Å². The number of ether oxygens (including phenoxy) is 2. The lowest BCUT2D eigenvalue weighted by Crippen LogP contribution is -2.32. The van der Waals surface area contributed by atoms with Crippen molar-refractivity contribution in [2.24, 2.45) is 0 Å². The summed E-state index contributed by atoms with van der Waals surface area (Å²) in [5.74, 6) is -0.784. The average Bonchev–Trinajstić information content (AvgIpc) is 2.92. The van der Waals surface area contributed by atoms with E-state index >= 15 is 0 Å². The molecule has 2 rings (SSSR count). The minimum Gasteiger partial charge on any atom is -0.460 e. The van der Waals surface area contributed by atoms with Crippen LogP contribution in [0.2, 0.25) is 0 Å². The van der Waals surface area contributed by atoms with Crippen LogP contribution in [-0.4, -0.2) is 35.1 Å². The number of benzene rings is 1. The van der Waals surface area contributed by atoms with E-state index in [1.807, 2.05) is 30.3 Å². The number of hydrogen-bond donors (Lipinski definition) is 0. The molecule has 0 saturated carbocycles. The van der Waals surface area contributed by atoms with Gasteiger partial charge in [-0.05, 0) is 38.8 Å². The van der Waals surface area contributed by atoms with Crippen LogP contribution in [0.25, 0.3) is 0 Å². The number of imide groups is 1. The quantitative estimate of drug-likeness (QED) is 0.604. The summed E-state index contributed by atoms with van der Waals surface area (Å²) >= 11 is 0. The molecule has 6 heteroatoms. The monoisotopic (exact) mass is 345 g/mol. The van der Waals surface area contributed by atoms with Crippen molar-refractivity contribution in [1.29, 1.82) is 0 Å². The molecule has 1 heterocycles. The summed E-state index contributed by atoms with van der Waals surface area (Å²) in [4.78, 5) is 36.9. The Morgan fingerprint density at radius 3 is 2.60 bits per heavy atom. The van der Waals surface area contributed by atoms with Gasteiger partial charge in [-0.25, -0.2) is 9.69 Å². The number of esters is 1. The fraction of sp³-hybridized carbons (Fsp3) is 0.421. The summed E-state index contributed by atoms with van der Waals surface area (Å²) in [5, 5.41) is 0. The maximum atomic E-state index is 12.3. The largest absolute Gasteiger partial charge is 0.460 e. The van der Waals surface area contributed by atoms with Gasteiger partial charge in [0.1, 0.15) is 18.2 Å². The van der Waals surface area contributed by atoms with Gasteiger partial charge in [0.25, 0.3) is 5.91 Å². The fourth-order valence-corrected chi connectivity index (χ4v) is 2.44. The summed E-state index contributed by atoms with van der Waals surface area (Å²) in [7, 11) is 0. The first-order valence-corrected chi connectivity index (χ1v) is 8.21. The number of hydrogen-bond acceptors (Lipinski definition) is 5. The Hall–Kier alpha value is -2.63. The molecule has 25 heavy (non-hydrogen) atoms. The molecule has 0 aromatic heterocycles. The van der Waals surface area contributed by atoms with Crippen LogP contribution in [0, 0.1) is 0 Å². The van der Waals surface area contributed by atoms with Crippen molar-refractivity contribution in [3.63, 3.8) is 0 Å². The molecule has 6 nitrogen and oxygen atoms in total. The van der Waals surface area contributed by atoms with Crippen molar-refractivity contribution in [2.75, 3.05) is 6.61 Å². The molecule has 1 aromatic rings. The lowest BCUT2D eigenvalue weighted by atomic mass is 10.1. The number of rotatable bonds is 5. The summed E-state index contributed by atoms with van der Waals surface area (Å²) in [6.45, 7) is 5.53. The second-order valence-corrected chi connectivity index (χ2v) is 6.74. The standard InChI is InChI=1S/C19H23NO5/c1-19(2,3)25-17(22)12-8-7-11-16(21)20-15(13-24-18(20)23)14-9-5-4-6-10-14/h4-7,9-11,15H,8,12-13H2,1-3H3/b11-7+/t15-/m0/s1. The molecule has 1 aliphatic rings. The Morgan fingerprint density at radius 1 is 1.28 bits per heavy atom. The van der Waals surface area contributed by atoms with Crippen molar-refractivity contribution in [2.45, 2.75) is 45.3 Å². The molecule has 1 atom stereocenters. The summed E-state index contributed by atoms with van der Waals surface area (Å²) in [6.07, 6.45) is 2.75. The molecule has 0 bridgehead atoms. The van der Waals surface area contributed by atoms with E-state index in [9.17, 15) is 14.4 Å². The van der Waals surface area contributed by atoms with Crippen LogP contribution in [0.3, 0.4) is 0 Å². The molecule has 1 aliphatic heterocycles. The molecule has 0 unspecified atom stereocenters. The predicted octanol–water partition coefficient (Wildman–Crippen LogP) is 3.38. The maximum absolute atomic E-state index is 12.3. The third-order valence-electron chi connectivity index (χ3n) is 3.49. The third kappa shape index (κ3) is 5.45. The van der Waals surface area contributed by atoms with E-state index in [1.165, 1.54) is 6.08 Å². The first-order valence-electron chi connectivity index (χ1n) is 8.21. The zero-order valence-electron chi connectivity index (χ0n) is 14.7. The summed E-state index contributed by atoms with van der Waals surface area (Å²) in [5.41, 5.74) is 0.308.